The Bertz CT molecular complexity index is 230. The number of aryl methyl sites for hydroxylation is 1. The van der Waals surface area contributed by atoms with Crippen LogP contribution >= 0.6 is 0 Å². The Morgan fingerprint density at radius 2 is 2.64 bits per heavy atom. The molecule has 1 N–H and O–H groups in total. The number of rotatable bonds is 4. The molecule has 0 saturated carbocycles. The average molecular weight is 152 g/mol. The van der Waals surface area contributed by atoms with Crippen LogP contribution in [0.25, 0.3) is 0 Å². The van der Waals surface area contributed by atoms with Crippen molar-refractivity contribution in [2.24, 2.45) is 0 Å². The van der Waals surface area contributed by atoms with Gasteiger partial charge in [-0.05, 0) is 6.92 Å². The van der Waals surface area contributed by atoms with E-state index in [2.05, 4.69) is 16.9 Å². The summed E-state index contributed by atoms with van der Waals surface area (Å²) in [7, 11) is 0. The van der Waals surface area contributed by atoms with E-state index in [1.54, 1.807) is 0 Å². The average Bonchev–Trinajstić information content (AvgIpc) is 2.37. The Labute approximate surface area is 66.1 Å². The first-order valence-electron chi connectivity index (χ1n) is 3.55. The molecule has 0 unspecified atom stereocenters. The van der Waals surface area contributed by atoms with Crippen LogP contribution in [-0.4, -0.2) is 11.5 Å². The summed E-state index contributed by atoms with van der Waals surface area (Å²) in [5, 5.41) is 3.14. The van der Waals surface area contributed by atoms with Crippen LogP contribution in [0.15, 0.2) is 23.5 Å². The molecule has 0 spiro atoms. The minimum atomic E-state index is 0.744. The number of hydrogen-bond donors (Lipinski definition) is 1. The first-order valence-corrected chi connectivity index (χ1v) is 3.55. The number of nitrogens with one attached hydrogen (secondary N) is 1. The van der Waals surface area contributed by atoms with Gasteiger partial charge in [0.2, 0.25) is 0 Å². The van der Waals surface area contributed by atoms with Crippen LogP contribution < -0.4 is 5.32 Å². The van der Waals surface area contributed by atoms with Crippen molar-refractivity contribution in [3.63, 3.8) is 0 Å². The van der Waals surface area contributed by atoms with E-state index in [9.17, 15) is 0 Å². The second-order valence-corrected chi connectivity index (χ2v) is 2.27. The van der Waals surface area contributed by atoms with Gasteiger partial charge in [0.05, 0.1) is 5.69 Å². The van der Waals surface area contributed by atoms with Crippen molar-refractivity contribution in [1.82, 2.24) is 10.3 Å². The van der Waals surface area contributed by atoms with Gasteiger partial charge in [-0.3, -0.25) is 0 Å². The van der Waals surface area contributed by atoms with Crippen molar-refractivity contribution < 1.29 is 4.42 Å². The highest BCUT2D eigenvalue weighted by atomic mass is 16.3. The predicted molar refractivity (Wildman–Crippen MR) is 43.1 cm³/mol. The van der Waals surface area contributed by atoms with Gasteiger partial charge in [0, 0.05) is 13.1 Å². The third-order valence-electron chi connectivity index (χ3n) is 1.43. The van der Waals surface area contributed by atoms with Gasteiger partial charge < -0.3 is 9.73 Å². The van der Waals surface area contributed by atoms with Crippen LogP contribution in [0.2, 0.25) is 0 Å². The molecule has 3 heteroatoms. The molecule has 1 aromatic rings. The molecule has 0 atom stereocenters. The fourth-order valence-corrected chi connectivity index (χ4v) is 0.791. The first kappa shape index (κ1) is 8.01. The molecule has 1 aromatic heterocycles. The zero-order valence-electron chi connectivity index (χ0n) is 6.63. The Hall–Kier alpha value is -1.09. The van der Waals surface area contributed by atoms with Gasteiger partial charge >= 0.3 is 0 Å². The lowest BCUT2D eigenvalue weighted by atomic mass is 10.3. The van der Waals surface area contributed by atoms with Gasteiger partial charge in [-0.15, -0.1) is 6.58 Å². The van der Waals surface area contributed by atoms with Crippen LogP contribution in [0.4, 0.5) is 0 Å². The molecule has 0 aliphatic rings. The summed E-state index contributed by atoms with van der Waals surface area (Å²) >= 11 is 0. The molecule has 1 heterocycles. The molecule has 0 aliphatic heterocycles. The zero-order valence-corrected chi connectivity index (χ0v) is 6.63. The monoisotopic (exact) mass is 152 g/mol. The third-order valence-corrected chi connectivity index (χ3v) is 1.43. The second kappa shape index (κ2) is 3.93. The van der Waals surface area contributed by atoms with Crippen molar-refractivity contribution in [2.75, 3.05) is 6.54 Å². The van der Waals surface area contributed by atoms with Crippen molar-refractivity contribution >= 4 is 0 Å². The summed E-state index contributed by atoms with van der Waals surface area (Å²) in [6.07, 6.45) is 3.27. The third kappa shape index (κ3) is 2.20. The molecule has 60 valence electrons. The molecule has 0 aromatic carbocycles. The molecule has 1 rings (SSSR count). The van der Waals surface area contributed by atoms with E-state index >= 15 is 0 Å². The minimum absolute atomic E-state index is 0.744. The van der Waals surface area contributed by atoms with E-state index < -0.39 is 0 Å². The highest BCUT2D eigenvalue weighted by Gasteiger charge is 1.99. The molecule has 0 radical (unpaired) electrons. The van der Waals surface area contributed by atoms with E-state index in [1.807, 2.05) is 13.0 Å². The smallest absolute Gasteiger partial charge is 0.181 e. The fraction of sp³-hybridized carbons (Fsp3) is 0.375. The fourth-order valence-electron chi connectivity index (χ4n) is 0.791. The van der Waals surface area contributed by atoms with E-state index in [0.29, 0.717) is 0 Å². The van der Waals surface area contributed by atoms with Crippen LogP contribution in [0.5, 0.6) is 0 Å². The van der Waals surface area contributed by atoms with Gasteiger partial charge in [-0.2, -0.15) is 0 Å². The zero-order chi connectivity index (χ0) is 8.10. The van der Waals surface area contributed by atoms with E-state index in [-0.39, 0.29) is 0 Å². The predicted octanol–water partition coefficient (Wildman–Crippen LogP) is 1.26. The van der Waals surface area contributed by atoms with Crippen LogP contribution in [0.3, 0.4) is 0 Å². The number of nitrogens with zero attached hydrogens (tertiary/aromatic N) is 1. The summed E-state index contributed by atoms with van der Waals surface area (Å²) < 4.78 is 5.02. The van der Waals surface area contributed by atoms with Gasteiger partial charge in [0.25, 0.3) is 0 Å². The summed E-state index contributed by atoms with van der Waals surface area (Å²) in [5.41, 5.74) is 0.965. The Morgan fingerprint density at radius 1 is 1.82 bits per heavy atom. The lowest BCUT2D eigenvalue weighted by molar-refractivity contribution is 0.523. The van der Waals surface area contributed by atoms with Crippen LogP contribution in [0.1, 0.15) is 11.5 Å². The molecule has 0 aliphatic carbocycles. The Morgan fingerprint density at radius 3 is 3.18 bits per heavy atom. The number of aromatic nitrogens is 1. The molecule has 0 amide bonds. The quantitative estimate of drug-likeness (QED) is 0.521. The maximum absolute atomic E-state index is 5.02. The van der Waals surface area contributed by atoms with Crippen LogP contribution in [-0.2, 0) is 6.54 Å². The van der Waals surface area contributed by atoms with Crippen LogP contribution in [0, 0.1) is 6.92 Å². The van der Waals surface area contributed by atoms with Crippen molar-refractivity contribution in [3.8, 4) is 0 Å². The van der Waals surface area contributed by atoms with E-state index in [0.717, 1.165) is 24.5 Å². The maximum atomic E-state index is 5.02. The van der Waals surface area contributed by atoms with E-state index in [4.69, 9.17) is 4.42 Å². The van der Waals surface area contributed by atoms with Gasteiger partial charge in [0.1, 0.15) is 5.76 Å². The van der Waals surface area contributed by atoms with Crippen molar-refractivity contribution in [1.29, 1.82) is 0 Å². The summed E-state index contributed by atoms with van der Waals surface area (Å²) in [4.78, 5) is 4.02. The lowest BCUT2D eigenvalue weighted by Gasteiger charge is -1.96. The number of hydrogen-bond acceptors (Lipinski definition) is 3. The lowest BCUT2D eigenvalue weighted by Crippen LogP contribution is -2.13. The topological polar surface area (TPSA) is 38.1 Å². The molecule has 11 heavy (non-hydrogen) atoms. The van der Waals surface area contributed by atoms with Crippen molar-refractivity contribution in [2.45, 2.75) is 13.5 Å². The molecule has 0 saturated heterocycles. The standard InChI is InChI=1S/C8H12N2O/c1-3-4-9-5-8-7(2)11-6-10-8/h3,6,9H,1,4-5H2,2H3. The molecular formula is C8H12N2O. The summed E-state index contributed by atoms with van der Waals surface area (Å²) in [5.74, 6) is 0.876. The van der Waals surface area contributed by atoms with Crippen molar-refractivity contribution in [3.05, 3.63) is 30.5 Å². The normalized spacial score (nSPS) is 9.91. The minimum Gasteiger partial charge on any atom is -0.448 e. The van der Waals surface area contributed by atoms with Gasteiger partial charge in [-0.1, -0.05) is 6.08 Å². The maximum Gasteiger partial charge on any atom is 0.181 e. The second-order valence-electron chi connectivity index (χ2n) is 2.27. The van der Waals surface area contributed by atoms with E-state index in [1.165, 1.54) is 6.39 Å². The highest BCUT2D eigenvalue weighted by molar-refractivity contribution is 5.04. The molecule has 0 bridgehead atoms. The molecular weight excluding hydrogens is 140 g/mol. The Balaban J connectivity index is 2.38. The van der Waals surface area contributed by atoms with Gasteiger partial charge in [0.15, 0.2) is 6.39 Å². The Kier molecular flexibility index (Phi) is 2.86. The molecule has 0 fully saturated rings. The SMILES string of the molecule is C=CCNCc1ncoc1C. The number of oxazole rings is 1. The largest absolute Gasteiger partial charge is 0.448 e. The van der Waals surface area contributed by atoms with Gasteiger partial charge in [-0.25, -0.2) is 4.98 Å². The highest BCUT2D eigenvalue weighted by Crippen LogP contribution is 2.02. The first-order chi connectivity index (χ1) is 5.34. The summed E-state index contributed by atoms with van der Waals surface area (Å²) in [6, 6.07) is 0. The summed E-state index contributed by atoms with van der Waals surface area (Å²) in [6.45, 7) is 7.04. The molecule has 3 nitrogen and oxygen atoms in total.